The summed E-state index contributed by atoms with van der Waals surface area (Å²) in [5.74, 6) is -0.0515. The smallest absolute Gasteiger partial charge is 0.317 e. The lowest BCUT2D eigenvalue weighted by Crippen LogP contribution is -2.41. The Bertz CT molecular complexity index is 410. The third-order valence-corrected chi connectivity index (χ3v) is 4.33. The predicted molar refractivity (Wildman–Crippen MR) is 80.9 cm³/mol. The van der Waals surface area contributed by atoms with E-state index in [1.807, 2.05) is 0 Å². The van der Waals surface area contributed by atoms with E-state index in [1.165, 1.54) is 18.4 Å². The largest absolute Gasteiger partial charge is 0.480 e. The number of aliphatic carboxylic acids is 1. The van der Waals surface area contributed by atoms with Gasteiger partial charge in [0, 0.05) is 6.04 Å². The summed E-state index contributed by atoms with van der Waals surface area (Å²) >= 11 is 0. The van der Waals surface area contributed by atoms with Gasteiger partial charge in [0.05, 0.1) is 6.54 Å². The van der Waals surface area contributed by atoms with E-state index in [2.05, 4.69) is 42.2 Å². The molecule has 0 unspecified atom stereocenters. The normalized spacial score (nSPS) is 22.9. The minimum absolute atomic E-state index is 0.189. The highest BCUT2D eigenvalue weighted by Gasteiger charge is 2.27. The van der Waals surface area contributed by atoms with Crippen LogP contribution in [0.1, 0.15) is 50.5 Å². The second-order valence-electron chi connectivity index (χ2n) is 5.78. The Labute approximate surface area is 121 Å². The van der Waals surface area contributed by atoms with Crippen LogP contribution in [0, 0.1) is 0 Å². The molecule has 0 radical (unpaired) electrons. The van der Waals surface area contributed by atoms with Crippen LogP contribution in [0.15, 0.2) is 30.3 Å². The van der Waals surface area contributed by atoms with Crippen LogP contribution in [0.2, 0.25) is 0 Å². The zero-order chi connectivity index (χ0) is 14.4. The second kappa shape index (κ2) is 7.44. The molecule has 3 heteroatoms. The molecule has 1 aliphatic rings. The maximum atomic E-state index is 11.0. The van der Waals surface area contributed by atoms with Crippen molar-refractivity contribution in [2.45, 2.75) is 51.0 Å². The van der Waals surface area contributed by atoms with E-state index < -0.39 is 5.97 Å². The lowest BCUT2D eigenvalue weighted by Gasteiger charge is -2.36. The minimum Gasteiger partial charge on any atom is -0.480 e. The minimum atomic E-state index is -0.705. The summed E-state index contributed by atoms with van der Waals surface area (Å²) in [6.07, 6.45) is 5.61. The Morgan fingerprint density at radius 3 is 2.40 bits per heavy atom. The number of hydrogen-bond acceptors (Lipinski definition) is 2. The van der Waals surface area contributed by atoms with Gasteiger partial charge in [0.1, 0.15) is 0 Å². The van der Waals surface area contributed by atoms with Gasteiger partial charge < -0.3 is 5.11 Å². The monoisotopic (exact) mass is 275 g/mol. The van der Waals surface area contributed by atoms with Crippen molar-refractivity contribution in [2.24, 2.45) is 0 Å². The van der Waals surface area contributed by atoms with Crippen LogP contribution >= 0.6 is 0 Å². The Hall–Kier alpha value is -1.35. The first-order valence-corrected chi connectivity index (χ1v) is 7.71. The van der Waals surface area contributed by atoms with Gasteiger partial charge in [-0.3, -0.25) is 9.69 Å². The van der Waals surface area contributed by atoms with Gasteiger partial charge in [-0.25, -0.2) is 0 Å². The molecule has 0 aliphatic heterocycles. The van der Waals surface area contributed by atoms with Gasteiger partial charge in [0.2, 0.25) is 0 Å². The number of carboxylic acids is 1. The molecule has 0 amide bonds. The summed E-state index contributed by atoms with van der Waals surface area (Å²) in [5.41, 5.74) is 1.44. The Morgan fingerprint density at radius 2 is 1.85 bits per heavy atom. The van der Waals surface area contributed by atoms with Crippen LogP contribution in [0.5, 0.6) is 0 Å². The highest BCUT2D eigenvalue weighted by molar-refractivity contribution is 5.69. The molecule has 1 fully saturated rings. The number of carboxylic acid groups (broad SMARTS) is 1. The molecule has 2 rings (SSSR count). The second-order valence-corrected chi connectivity index (χ2v) is 5.78. The van der Waals surface area contributed by atoms with Crippen LogP contribution < -0.4 is 0 Å². The van der Waals surface area contributed by atoms with Gasteiger partial charge in [-0.2, -0.15) is 0 Å². The highest BCUT2D eigenvalue weighted by Crippen LogP contribution is 2.34. The van der Waals surface area contributed by atoms with Gasteiger partial charge >= 0.3 is 5.97 Å². The third-order valence-electron chi connectivity index (χ3n) is 4.33. The van der Waals surface area contributed by atoms with Crippen LogP contribution in [-0.2, 0) is 4.79 Å². The molecule has 0 spiro atoms. The van der Waals surface area contributed by atoms with Crippen molar-refractivity contribution in [2.75, 3.05) is 13.1 Å². The van der Waals surface area contributed by atoms with E-state index in [-0.39, 0.29) is 6.54 Å². The predicted octanol–water partition coefficient (Wildman–Crippen LogP) is 3.51. The molecule has 1 saturated carbocycles. The van der Waals surface area contributed by atoms with Crippen molar-refractivity contribution in [1.29, 1.82) is 0 Å². The quantitative estimate of drug-likeness (QED) is 0.863. The first-order valence-electron chi connectivity index (χ1n) is 7.71. The average molecular weight is 275 g/mol. The highest BCUT2D eigenvalue weighted by atomic mass is 16.4. The van der Waals surface area contributed by atoms with Crippen molar-refractivity contribution < 1.29 is 9.90 Å². The summed E-state index contributed by atoms with van der Waals surface area (Å²) in [6, 6.07) is 11.2. The molecule has 0 atom stereocenters. The zero-order valence-corrected chi connectivity index (χ0v) is 12.3. The average Bonchev–Trinajstić information content (AvgIpc) is 2.47. The van der Waals surface area contributed by atoms with Crippen LogP contribution in [-0.4, -0.2) is 35.1 Å². The van der Waals surface area contributed by atoms with Crippen molar-refractivity contribution in [1.82, 2.24) is 4.90 Å². The summed E-state index contributed by atoms with van der Waals surface area (Å²) in [7, 11) is 0. The zero-order valence-electron chi connectivity index (χ0n) is 12.3. The van der Waals surface area contributed by atoms with E-state index in [1.54, 1.807) is 0 Å². The van der Waals surface area contributed by atoms with Crippen molar-refractivity contribution in [3.63, 3.8) is 0 Å². The number of hydrogen-bond donors (Lipinski definition) is 1. The molecule has 1 N–H and O–H groups in total. The van der Waals surface area contributed by atoms with Gasteiger partial charge in [-0.05, 0) is 50.1 Å². The lowest BCUT2D eigenvalue weighted by atomic mass is 9.81. The molecule has 0 heterocycles. The van der Waals surface area contributed by atoms with E-state index in [0.717, 1.165) is 25.8 Å². The number of rotatable bonds is 6. The topological polar surface area (TPSA) is 40.5 Å². The van der Waals surface area contributed by atoms with Gasteiger partial charge in [-0.15, -0.1) is 0 Å². The van der Waals surface area contributed by atoms with E-state index >= 15 is 0 Å². The first-order chi connectivity index (χ1) is 9.70. The third kappa shape index (κ3) is 4.07. The maximum absolute atomic E-state index is 11.0. The SMILES string of the molecule is CCCN(CC(=O)O)C1CCC(c2ccccc2)CC1. The molecule has 1 aromatic rings. The molecular formula is C17H25NO2. The summed E-state index contributed by atoms with van der Waals surface area (Å²) in [5, 5.41) is 9.03. The molecule has 20 heavy (non-hydrogen) atoms. The standard InChI is InChI=1S/C17H25NO2/c1-2-12-18(13-17(19)20)16-10-8-15(9-11-16)14-6-4-3-5-7-14/h3-7,15-16H,2,8-13H2,1H3,(H,19,20). The van der Waals surface area contributed by atoms with E-state index in [0.29, 0.717) is 12.0 Å². The molecule has 1 aromatic carbocycles. The summed E-state index contributed by atoms with van der Waals surface area (Å²) < 4.78 is 0. The van der Waals surface area contributed by atoms with Crippen LogP contribution in [0.3, 0.4) is 0 Å². The summed E-state index contributed by atoms with van der Waals surface area (Å²) in [4.78, 5) is 13.1. The number of carbonyl (C=O) groups is 1. The number of benzene rings is 1. The van der Waals surface area contributed by atoms with Gasteiger partial charge in [-0.1, -0.05) is 37.3 Å². The molecule has 0 bridgehead atoms. The molecule has 0 saturated heterocycles. The van der Waals surface area contributed by atoms with E-state index in [4.69, 9.17) is 5.11 Å². The van der Waals surface area contributed by atoms with Crippen LogP contribution in [0.4, 0.5) is 0 Å². The first kappa shape index (κ1) is 15.0. The van der Waals surface area contributed by atoms with Crippen molar-refractivity contribution in [3.8, 4) is 0 Å². The Balaban J connectivity index is 1.90. The fraction of sp³-hybridized carbons (Fsp3) is 0.588. The Kier molecular flexibility index (Phi) is 5.60. The Morgan fingerprint density at radius 1 is 1.20 bits per heavy atom. The molecular weight excluding hydrogens is 250 g/mol. The van der Waals surface area contributed by atoms with Crippen molar-refractivity contribution >= 4 is 5.97 Å². The van der Waals surface area contributed by atoms with E-state index in [9.17, 15) is 4.79 Å². The fourth-order valence-corrected chi connectivity index (χ4v) is 3.35. The molecule has 3 nitrogen and oxygen atoms in total. The summed E-state index contributed by atoms with van der Waals surface area (Å²) in [6.45, 7) is 3.20. The maximum Gasteiger partial charge on any atom is 0.317 e. The molecule has 110 valence electrons. The van der Waals surface area contributed by atoms with Gasteiger partial charge in [0.15, 0.2) is 0 Å². The molecule has 1 aliphatic carbocycles. The fourth-order valence-electron chi connectivity index (χ4n) is 3.35. The lowest BCUT2D eigenvalue weighted by molar-refractivity contribution is -0.139. The van der Waals surface area contributed by atoms with Crippen molar-refractivity contribution in [3.05, 3.63) is 35.9 Å². The number of nitrogens with zero attached hydrogens (tertiary/aromatic N) is 1. The van der Waals surface area contributed by atoms with Crippen LogP contribution in [0.25, 0.3) is 0 Å². The van der Waals surface area contributed by atoms with Gasteiger partial charge in [0.25, 0.3) is 0 Å². The molecule has 0 aromatic heterocycles.